The van der Waals surface area contributed by atoms with Gasteiger partial charge < -0.3 is 5.73 Å². The lowest BCUT2D eigenvalue weighted by molar-refractivity contribution is 0.107. The van der Waals surface area contributed by atoms with E-state index in [0.29, 0.717) is 11.3 Å². The van der Waals surface area contributed by atoms with Crippen molar-refractivity contribution in [3.05, 3.63) is 34.9 Å². The fourth-order valence-electron chi connectivity index (χ4n) is 3.91. The maximum atomic E-state index is 6.77. The fourth-order valence-corrected chi connectivity index (χ4v) is 3.91. The molecule has 1 aliphatic carbocycles. The molecule has 0 aromatic heterocycles. The Morgan fingerprint density at radius 2 is 1.78 bits per heavy atom. The molecule has 1 aliphatic rings. The molecule has 0 bridgehead atoms. The Kier molecular flexibility index (Phi) is 3.31. The summed E-state index contributed by atoms with van der Waals surface area (Å²) < 4.78 is 0. The summed E-state index contributed by atoms with van der Waals surface area (Å²) in [5, 5.41) is 0. The number of hydrogen-bond donors (Lipinski definition) is 1. The molecule has 1 heteroatoms. The minimum absolute atomic E-state index is 0.139. The molecule has 2 atom stereocenters. The molecular weight excluding hydrogens is 218 g/mol. The highest BCUT2D eigenvalue weighted by Gasteiger charge is 2.41. The first-order valence-electron chi connectivity index (χ1n) is 7.08. The number of nitrogens with two attached hydrogens (primary N) is 1. The van der Waals surface area contributed by atoms with Crippen LogP contribution in [0, 0.1) is 25.2 Å². The van der Waals surface area contributed by atoms with Gasteiger partial charge in [0, 0.05) is 5.54 Å². The normalized spacial score (nSPS) is 31.3. The van der Waals surface area contributed by atoms with Crippen molar-refractivity contribution >= 4 is 0 Å². The molecule has 2 unspecified atom stereocenters. The maximum absolute atomic E-state index is 6.77. The predicted octanol–water partition coefficient (Wildman–Crippen LogP) is 4.30. The quantitative estimate of drug-likeness (QED) is 0.784. The van der Waals surface area contributed by atoms with E-state index in [0.717, 1.165) is 12.8 Å². The molecule has 0 radical (unpaired) electrons. The van der Waals surface area contributed by atoms with Crippen LogP contribution >= 0.6 is 0 Å². The van der Waals surface area contributed by atoms with Crippen molar-refractivity contribution in [1.82, 2.24) is 0 Å². The van der Waals surface area contributed by atoms with Gasteiger partial charge in [-0.15, -0.1) is 0 Å². The highest BCUT2D eigenvalue weighted by Crippen LogP contribution is 2.47. The summed E-state index contributed by atoms with van der Waals surface area (Å²) in [5.74, 6) is 0.709. The van der Waals surface area contributed by atoms with Crippen molar-refractivity contribution in [3.8, 4) is 0 Å². The number of rotatable bonds is 1. The van der Waals surface area contributed by atoms with Gasteiger partial charge >= 0.3 is 0 Å². The third-order valence-corrected chi connectivity index (χ3v) is 4.49. The number of aryl methyl sites for hydroxylation is 2. The van der Waals surface area contributed by atoms with Crippen molar-refractivity contribution in [2.45, 2.75) is 59.4 Å². The SMILES string of the molecule is Cc1ccc(C2(N)CC(C)CC(C)(C)C2)cc1C. The van der Waals surface area contributed by atoms with Crippen molar-refractivity contribution in [3.63, 3.8) is 0 Å². The Hall–Kier alpha value is -0.820. The Balaban J connectivity index is 2.37. The van der Waals surface area contributed by atoms with Gasteiger partial charge in [-0.1, -0.05) is 39.0 Å². The summed E-state index contributed by atoms with van der Waals surface area (Å²) in [6, 6.07) is 6.74. The molecule has 1 aromatic rings. The fraction of sp³-hybridized carbons (Fsp3) is 0.647. The lowest BCUT2D eigenvalue weighted by Crippen LogP contribution is -2.46. The second kappa shape index (κ2) is 4.38. The standard InChI is InChI=1S/C17H27N/c1-12-9-16(4,5)11-17(18,10-12)15-7-6-13(2)14(3)8-15/h6-8,12H,9-11,18H2,1-5H3. The predicted molar refractivity (Wildman–Crippen MR) is 78.6 cm³/mol. The number of hydrogen-bond acceptors (Lipinski definition) is 1. The molecule has 2 rings (SSSR count). The van der Waals surface area contributed by atoms with E-state index in [9.17, 15) is 0 Å². The molecule has 1 saturated carbocycles. The third-order valence-electron chi connectivity index (χ3n) is 4.49. The van der Waals surface area contributed by atoms with Gasteiger partial charge in [0.1, 0.15) is 0 Å². The van der Waals surface area contributed by atoms with Gasteiger partial charge in [-0.3, -0.25) is 0 Å². The van der Waals surface area contributed by atoms with Gasteiger partial charge in [-0.2, -0.15) is 0 Å². The molecule has 0 amide bonds. The van der Waals surface area contributed by atoms with Crippen LogP contribution in [0.4, 0.5) is 0 Å². The molecule has 0 spiro atoms. The van der Waals surface area contributed by atoms with Crippen molar-refractivity contribution < 1.29 is 0 Å². The van der Waals surface area contributed by atoms with Gasteiger partial charge in [0.05, 0.1) is 0 Å². The summed E-state index contributed by atoms with van der Waals surface area (Å²) >= 11 is 0. The highest BCUT2D eigenvalue weighted by molar-refractivity contribution is 5.34. The van der Waals surface area contributed by atoms with Gasteiger partial charge in [-0.25, -0.2) is 0 Å². The van der Waals surface area contributed by atoms with E-state index in [-0.39, 0.29) is 5.54 Å². The monoisotopic (exact) mass is 245 g/mol. The second-order valence-corrected chi connectivity index (χ2v) is 7.31. The van der Waals surface area contributed by atoms with Gasteiger partial charge in [0.25, 0.3) is 0 Å². The molecule has 0 aliphatic heterocycles. The van der Waals surface area contributed by atoms with Crippen LogP contribution < -0.4 is 5.73 Å². The molecule has 0 saturated heterocycles. The van der Waals surface area contributed by atoms with E-state index in [1.807, 2.05) is 0 Å². The van der Waals surface area contributed by atoms with Crippen LogP contribution in [0.1, 0.15) is 56.7 Å². The summed E-state index contributed by atoms with van der Waals surface area (Å²) in [5.41, 5.74) is 11.0. The molecule has 2 N–H and O–H groups in total. The molecule has 1 fully saturated rings. The van der Waals surface area contributed by atoms with Crippen LogP contribution in [0.15, 0.2) is 18.2 Å². The molecule has 100 valence electrons. The highest BCUT2D eigenvalue weighted by atomic mass is 14.8. The third kappa shape index (κ3) is 2.61. The lowest BCUT2D eigenvalue weighted by atomic mass is 9.62. The summed E-state index contributed by atoms with van der Waals surface area (Å²) in [4.78, 5) is 0. The molecule has 1 aromatic carbocycles. The zero-order chi connectivity index (χ0) is 13.6. The van der Waals surface area contributed by atoms with Crippen LogP contribution in [0.3, 0.4) is 0 Å². The lowest BCUT2D eigenvalue weighted by Gasteiger charge is -2.46. The Morgan fingerprint density at radius 3 is 2.33 bits per heavy atom. The van der Waals surface area contributed by atoms with E-state index in [2.05, 4.69) is 52.8 Å². The van der Waals surface area contributed by atoms with Crippen molar-refractivity contribution in [2.75, 3.05) is 0 Å². The molecule has 1 nitrogen and oxygen atoms in total. The van der Waals surface area contributed by atoms with Crippen molar-refractivity contribution in [2.24, 2.45) is 17.1 Å². The summed E-state index contributed by atoms with van der Waals surface area (Å²) in [6.45, 7) is 11.4. The first kappa shape index (κ1) is 13.6. The zero-order valence-electron chi connectivity index (χ0n) is 12.5. The van der Waals surface area contributed by atoms with Crippen LogP contribution in [-0.2, 0) is 5.54 Å². The topological polar surface area (TPSA) is 26.0 Å². The van der Waals surface area contributed by atoms with Crippen LogP contribution in [0.25, 0.3) is 0 Å². The van der Waals surface area contributed by atoms with E-state index < -0.39 is 0 Å². The van der Waals surface area contributed by atoms with E-state index in [4.69, 9.17) is 5.73 Å². The average Bonchev–Trinajstić information content (AvgIpc) is 2.18. The first-order chi connectivity index (χ1) is 8.22. The Labute approximate surface area is 112 Å². The van der Waals surface area contributed by atoms with Crippen LogP contribution in [-0.4, -0.2) is 0 Å². The Bertz CT molecular complexity index is 447. The molecule has 0 heterocycles. The summed E-state index contributed by atoms with van der Waals surface area (Å²) in [7, 11) is 0. The van der Waals surface area contributed by atoms with E-state index >= 15 is 0 Å². The Morgan fingerprint density at radius 1 is 1.11 bits per heavy atom. The van der Waals surface area contributed by atoms with E-state index in [1.54, 1.807) is 0 Å². The minimum atomic E-state index is -0.139. The maximum Gasteiger partial charge on any atom is 0.0417 e. The van der Waals surface area contributed by atoms with Crippen molar-refractivity contribution in [1.29, 1.82) is 0 Å². The van der Waals surface area contributed by atoms with Crippen LogP contribution in [0.5, 0.6) is 0 Å². The van der Waals surface area contributed by atoms with Gasteiger partial charge in [-0.05, 0) is 61.1 Å². The summed E-state index contributed by atoms with van der Waals surface area (Å²) in [6.07, 6.45) is 3.49. The van der Waals surface area contributed by atoms with Gasteiger partial charge in [0.2, 0.25) is 0 Å². The smallest absolute Gasteiger partial charge is 0.0417 e. The second-order valence-electron chi connectivity index (χ2n) is 7.31. The average molecular weight is 245 g/mol. The first-order valence-corrected chi connectivity index (χ1v) is 7.08. The molecular formula is C17H27N. The van der Waals surface area contributed by atoms with Gasteiger partial charge in [0.15, 0.2) is 0 Å². The largest absolute Gasteiger partial charge is 0.321 e. The zero-order valence-corrected chi connectivity index (χ0v) is 12.5. The minimum Gasteiger partial charge on any atom is -0.321 e. The molecule has 18 heavy (non-hydrogen) atoms. The van der Waals surface area contributed by atoms with E-state index in [1.165, 1.54) is 23.1 Å². The number of benzene rings is 1. The van der Waals surface area contributed by atoms with Crippen LogP contribution in [0.2, 0.25) is 0 Å².